The van der Waals surface area contributed by atoms with E-state index < -0.39 is 10.0 Å². The molecule has 2 rings (SSSR count). The minimum Gasteiger partial charge on any atom is -0.326 e. The van der Waals surface area contributed by atoms with Crippen molar-refractivity contribution in [3.8, 4) is 0 Å². The van der Waals surface area contributed by atoms with E-state index in [1.54, 1.807) is 30.3 Å². The van der Waals surface area contributed by atoms with Gasteiger partial charge in [-0.2, -0.15) is 0 Å². The van der Waals surface area contributed by atoms with E-state index >= 15 is 0 Å². The maximum atomic E-state index is 12.8. The molecule has 2 aromatic rings. The second kappa shape index (κ2) is 8.68. The van der Waals surface area contributed by atoms with E-state index in [0.29, 0.717) is 23.6 Å². The zero-order valence-electron chi connectivity index (χ0n) is 15.5. The summed E-state index contributed by atoms with van der Waals surface area (Å²) in [7, 11) is -3.71. The van der Waals surface area contributed by atoms with Crippen molar-refractivity contribution < 1.29 is 18.0 Å². The van der Waals surface area contributed by atoms with Gasteiger partial charge in [-0.1, -0.05) is 24.3 Å². The maximum Gasteiger partial charge on any atom is 0.247 e. The first-order valence-corrected chi connectivity index (χ1v) is 10.3. The van der Waals surface area contributed by atoms with E-state index in [1.807, 2.05) is 25.1 Å². The molecule has 0 fully saturated rings. The third-order valence-electron chi connectivity index (χ3n) is 3.82. The van der Waals surface area contributed by atoms with Gasteiger partial charge in [0.05, 0.1) is 11.9 Å². The lowest BCUT2D eigenvalue weighted by atomic mass is 10.2. The van der Waals surface area contributed by atoms with E-state index in [0.717, 1.165) is 10.6 Å². The molecule has 0 unspecified atom stereocenters. The lowest BCUT2D eigenvalue weighted by Gasteiger charge is -2.27. The molecule has 0 saturated heterocycles. The second-order valence-corrected chi connectivity index (χ2v) is 7.88. The van der Waals surface area contributed by atoms with Crippen molar-refractivity contribution in [3.63, 3.8) is 0 Å². The number of nitrogens with one attached hydrogen (secondary N) is 1. The fourth-order valence-corrected chi connectivity index (χ4v) is 3.50. The molecule has 0 aliphatic rings. The molecule has 1 N–H and O–H groups in total. The van der Waals surface area contributed by atoms with Crippen molar-refractivity contribution in [1.29, 1.82) is 0 Å². The minimum absolute atomic E-state index is 0.268. The molecule has 0 bridgehead atoms. The fraction of sp³-hybridized carbons (Fsp3) is 0.263. The van der Waals surface area contributed by atoms with Crippen molar-refractivity contribution in [1.82, 2.24) is 0 Å². The minimum atomic E-state index is -3.71. The Balaban J connectivity index is 2.32. The maximum absolute atomic E-state index is 12.8. The molecule has 0 saturated carbocycles. The zero-order valence-corrected chi connectivity index (χ0v) is 16.4. The van der Waals surface area contributed by atoms with Crippen LogP contribution in [0.1, 0.15) is 13.8 Å². The number of benzene rings is 2. The molecule has 2 amide bonds. The van der Waals surface area contributed by atoms with Crippen molar-refractivity contribution >= 4 is 38.9 Å². The highest BCUT2D eigenvalue weighted by Gasteiger charge is 2.24. The number of carbonyl (C=O) groups excluding carboxylic acids is 2. The van der Waals surface area contributed by atoms with Crippen LogP contribution in [-0.2, 0) is 19.6 Å². The Labute approximate surface area is 159 Å². The standard InChI is InChI=1S/C19H23N3O4S/c1-4-21(17-10-6-5-7-11-17)19(24)14-22(27(3,25)26)18-12-8-9-16(13-18)20-15(2)23/h5-13H,4,14H2,1-3H3,(H,20,23). The molecule has 7 nitrogen and oxygen atoms in total. The number of likely N-dealkylation sites (N-methyl/N-ethyl adjacent to an activating group) is 1. The highest BCUT2D eigenvalue weighted by atomic mass is 32.2. The van der Waals surface area contributed by atoms with Crippen LogP contribution in [0.25, 0.3) is 0 Å². The summed E-state index contributed by atoms with van der Waals surface area (Å²) in [6.07, 6.45) is 1.05. The van der Waals surface area contributed by atoms with Gasteiger partial charge in [0.15, 0.2) is 0 Å². The van der Waals surface area contributed by atoms with Crippen LogP contribution < -0.4 is 14.5 Å². The van der Waals surface area contributed by atoms with Crippen LogP contribution >= 0.6 is 0 Å². The van der Waals surface area contributed by atoms with Crippen LogP contribution in [0.4, 0.5) is 17.1 Å². The van der Waals surface area contributed by atoms with Crippen LogP contribution in [0, 0.1) is 0 Å². The van der Waals surface area contributed by atoms with Gasteiger partial charge >= 0.3 is 0 Å². The first-order valence-electron chi connectivity index (χ1n) is 8.43. The van der Waals surface area contributed by atoms with Crippen LogP contribution in [0.2, 0.25) is 0 Å². The lowest BCUT2D eigenvalue weighted by Crippen LogP contribution is -2.42. The van der Waals surface area contributed by atoms with Gasteiger partial charge in [0.25, 0.3) is 0 Å². The normalized spacial score (nSPS) is 10.9. The van der Waals surface area contributed by atoms with Crippen molar-refractivity contribution in [2.24, 2.45) is 0 Å². The van der Waals surface area contributed by atoms with Gasteiger partial charge in [-0.3, -0.25) is 13.9 Å². The van der Waals surface area contributed by atoms with Crippen LogP contribution in [0.3, 0.4) is 0 Å². The van der Waals surface area contributed by atoms with Gasteiger partial charge in [-0.25, -0.2) is 8.42 Å². The summed E-state index contributed by atoms with van der Waals surface area (Å²) in [5, 5.41) is 2.61. The quantitative estimate of drug-likeness (QED) is 0.788. The smallest absolute Gasteiger partial charge is 0.247 e. The van der Waals surface area contributed by atoms with E-state index in [1.165, 1.54) is 17.9 Å². The fourth-order valence-electron chi connectivity index (χ4n) is 2.66. The monoisotopic (exact) mass is 389 g/mol. The number of amides is 2. The molecule has 2 aromatic carbocycles. The number of hydrogen-bond donors (Lipinski definition) is 1. The van der Waals surface area contributed by atoms with Crippen LogP contribution in [0.15, 0.2) is 54.6 Å². The van der Waals surface area contributed by atoms with Crippen molar-refractivity contribution in [3.05, 3.63) is 54.6 Å². The molecule has 27 heavy (non-hydrogen) atoms. The Morgan fingerprint density at radius 1 is 1.00 bits per heavy atom. The first-order chi connectivity index (χ1) is 12.7. The molecule has 8 heteroatoms. The number of para-hydroxylation sites is 1. The highest BCUT2D eigenvalue weighted by molar-refractivity contribution is 7.92. The predicted octanol–water partition coefficient (Wildman–Crippen LogP) is 2.46. The number of sulfonamides is 1. The van der Waals surface area contributed by atoms with Gasteiger partial charge in [0.2, 0.25) is 21.8 Å². The van der Waals surface area contributed by atoms with E-state index in [2.05, 4.69) is 5.32 Å². The summed E-state index contributed by atoms with van der Waals surface area (Å²) in [6.45, 7) is 3.26. The highest BCUT2D eigenvalue weighted by Crippen LogP contribution is 2.23. The van der Waals surface area contributed by atoms with Gasteiger partial charge in [0.1, 0.15) is 6.54 Å². The van der Waals surface area contributed by atoms with Crippen LogP contribution in [-0.4, -0.2) is 39.6 Å². The average Bonchev–Trinajstić information content (AvgIpc) is 2.60. The Morgan fingerprint density at radius 3 is 2.19 bits per heavy atom. The first kappa shape index (κ1) is 20.4. The largest absolute Gasteiger partial charge is 0.326 e. The second-order valence-electron chi connectivity index (χ2n) is 5.97. The summed E-state index contributed by atoms with van der Waals surface area (Å²) >= 11 is 0. The van der Waals surface area contributed by atoms with Gasteiger partial charge in [-0.15, -0.1) is 0 Å². The van der Waals surface area contributed by atoms with Crippen LogP contribution in [0.5, 0.6) is 0 Å². The molecular formula is C19H23N3O4S. The SMILES string of the molecule is CCN(C(=O)CN(c1cccc(NC(C)=O)c1)S(C)(=O)=O)c1ccccc1. The predicted molar refractivity (Wildman–Crippen MR) is 107 cm³/mol. The Hall–Kier alpha value is -2.87. The number of anilines is 3. The molecular weight excluding hydrogens is 366 g/mol. The van der Waals surface area contributed by atoms with E-state index in [4.69, 9.17) is 0 Å². The summed E-state index contributed by atoms with van der Waals surface area (Å²) in [5.41, 5.74) is 1.46. The number of carbonyl (C=O) groups is 2. The number of rotatable bonds is 7. The molecule has 0 aromatic heterocycles. The molecule has 0 atom stereocenters. The zero-order chi connectivity index (χ0) is 20.0. The van der Waals surface area contributed by atoms with Gasteiger partial charge in [0, 0.05) is 24.8 Å². The summed E-state index contributed by atoms with van der Waals surface area (Å²) in [6, 6.07) is 15.4. The summed E-state index contributed by atoms with van der Waals surface area (Å²) in [4.78, 5) is 25.6. The summed E-state index contributed by atoms with van der Waals surface area (Å²) in [5.74, 6) is -0.616. The third-order valence-corrected chi connectivity index (χ3v) is 4.96. The molecule has 0 aliphatic heterocycles. The molecule has 0 spiro atoms. The van der Waals surface area contributed by atoms with Gasteiger partial charge < -0.3 is 10.2 Å². The molecule has 144 valence electrons. The van der Waals surface area contributed by atoms with Crippen molar-refractivity contribution in [2.45, 2.75) is 13.8 Å². The van der Waals surface area contributed by atoms with Crippen molar-refractivity contribution in [2.75, 3.05) is 33.9 Å². The Bertz CT molecular complexity index is 914. The Morgan fingerprint density at radius 2 is 1.63 bits per heavy atom. The number of hydrogen-bond acceptors (Lipinski definition) is 4. The molecule has 0 radical (unpaired) electrons. The van der Waals surface area contributed by atoms with E-state index in [-0.39, 0.29) is 18.4 Å². The van der Waals surface area contributed by atoms with E-state index in [9.17, 15) is 18.0 Å². The number of nitrogens with zero attached hydrogens (tertiary/aromatic N) is 2. The topological polar surface area (TPSA) is 86.8 Å². The molecule has 0 aliphatic carbocycles. The average molecular weight is 389 g/mol. The molecule has 0 heterocycles. The summed E-state index contributed by atoms with van der Waals surface area (Å²) < 4.78 is 25.7. The Kier molecular flexibility index (Phi) is 6.57. The third kappa shape index (κ3) is 5.55. The lowest BCUT2D eigenvalue weighted by molar-refractivity contribution is -0.117. The van der Waals surface area contributed by atoms with Gasteiger partial charge in [-0.05, 0) is 37.3 Å².